The smallest absolute Gasteiger partial charge is 0.217 e. The van der Waals surface area contributed by atoms with Crippen molar-refractivity contribution < 1.29 is 4.79 Å². The first-order valence-electron chi connectivity index (χ1n) is 7.36. The van der Waals surface area contributed by atoms with Crippen LogP contribution in [0.15, 0.2) is 30.3 Å². The number of hydrogen-bond donors (Lipinski definition) is 1. The lowest BCUT2D eigenvalue weighted by molar-refractivity contribution is -0.119. The number of benzene rings is 1. The van der Waals surface area contributed by atoms with E-state index in [1.807, 2.05) is 30.3 Å². The molecule has 1 aromatic heterocycles. The first-order valence-corrected chi connectivity index (χ1v) is 8.18. The first-order chi connectivity index (χ1) is 10.2. The third-order valence-corrected chi connectivity index (χ3v) is 4.32. The normalized spacial score (nSPS) is 12.1. The Morgan fingerprint density at radius 1 is 1.24 bits per heavy atom. The summed E-state index contributed by atoms with van der Waals surface area (Å²) in [5.74, 6) is -0.0204. The molecule has 1 atom stereocenters. The maximum atomic E-state index is 11.4. The van der Waals surface area contributed by atoms with Gasteiger partial charge in [-0.3, -0.25) is 4.79 Å². The number of carbonyl (C=O) groups excluding carboxylic acids is 1. The Balaban J connectivity index is 2.12. The summed E-state index contributed by atoms with van der Waals surface area (Å²) in [6.07, 6.45) is 4.33. The van der Waals surface area contributed by atoms with Crippen LogP contribution in [0, 0.1) is 0 Å². The van der Waals surface area contributed by atoms with Crippen molar-refractivity contribution in [3.8, 4) is 10.6 Å². The van der Waals surface area contributed by atoms with Crippen molar-refractivity contribution in [1.29, 1.82) is 0 Å². The summed E-state index contributed by atoms with van der Waals surface area (Å²) >= 11 is 1.56. The van der Waals surface area contributed by atoms with Gasteiger partial charge in [-0.15, -0.1) is 10.2 Å². The van der Waals surface area contributed by atoms with Gasteiger partial charge in [0.25, 0.3) is 0 Å². The molecule has 0 saturated carbocycles. The van der Waals surface area contributed by atoms with Gasteiger partial charge in [0.05, 0.1) is 6.04 Å². The third kappa shape index (κ3) is 4.63. The number of nitrogens with zero attached hydrogens (tertiary/aromatic N) is 2. The van der Waals surface area contributed by atoms with Gasteiger partial charge in [-0.25, -0.2) is 0 Å². The molecule has 1 amide bonds. The minimum Gasteiger partial charge on any atom is -0.347 e. The fraction of sp³-hybridized carbons (Fsp3) is 0.438. The molecule has 2 rings (SSSR count). The molecule has 5 heteroatoms. The van der Waals surface area contributed by atoms with Gasteiger partial charge in [-0.1, -0.05) is 67.9 Å². The molecule has 0 radical (unpaired) electrons. The number of rotatable bonds is 7. The average Bonchev–Trinajstić information content (AvgIpc) is 2.97. The van der Waals surface area contributed by atoms with Crippen LogP contribution in [0.4, 0.5) is 0 Å². The third-order valence-electron chi connectivity index (χ3n) is 3.23. The van der Waals surface area contributed by atoms with Crippen LogP contribution in [-0.4, -0.2) is 16.1 Å². The van der Waals surface area contributed by atoms with Crippen molar-refractivity contribution in [3.63, 3.8) is 0 Å². The fourth-order valence-corrected chi connectivity index (χ4v) is 3.11. The van der Waals surface area contributed by atoms with Crippen LogP contribution >= 0.6 is 11.3 Å². The zero-order valence-electron chi connectivity index (χ0n) is 12.5. The number of carbonyl (C=O) groups is 1. The molecule has 0 aliphatic rings. The molecule has 0 aliphatic heterocycles. The topological polar surface area (TPSA) is 54.9 Å². The van der Waals surface area contributed by atoms with Crippen LogP contribution in [0.5, 0.6) is 0 Å². The van der Waals surface area contributed by atoms with E-state index in [2.05, 4.69) is 22.4 Å². The van der Waals surface area contributed by atoms with Crippen LogP contribution in [0.3, 0.4) is 0 Å². The molecule has 0 aliphatic carbocycles. The molecule has 0 spiro atoms. The maximum Gasteiger partial charge on any atom is 0.217 e. The Hall–Kier alpha value is -1.75. The highest BCUT2D eigenvalue weighted by atomic mass is 32.1. The minimum atomic E-state index is -0.0241. The second-order valence-corrected chi connectivity index (χ2v) is 6.07. The molecule has 112 valence electrons. The molecule has 1 unspecified atom stereocenters. The largest absolute Gasteiger partial charge is 0.347 e. The summed E-state index contributed by atoms with van der Waals surface area (Å²) in [4.78, 5) is 11.4. The Morgan fingerprint density at radius 3 is 2.67 bits per heavy atom. The first kappa shape index (κ1) is 15.6. The van der Waals surface area contributed by atoms with Crippen molar-refractivity contribution in [2.24, 2.45) is 0 Å². The summed E-state index contributed by atoms with van der Waals surface area (Å²) < 4.78 is 0. The van der Waals surface area contributed by atoms with Gasteiger partial charge < -0.3 is 5.32 Å². The Kier molecular flexibility index (Phi) is 5.87. The van der Waals surface area contributed by atoms with Crippen molar-refractivity contribution in [1.82, 2.24) is 15.5 Å². The van der Waals surface area contributed by atoms with Crippen LogP contribution in [-0.2, 0) is 4.79 Å². The second kappa shape index (κ2) is 7.88. The number of unbranched alkanes of at least 4 members (excludes halogenated alkanes) is 2. The summed E-state index contributed by atoms with van der Waals surface area (Å²) in [6, 6.07) is 9.98. The predicted molar refractivity (Wildman–Crippen MR) is 86.0 cm³/mol. The van der Waals surface area contributed by atoms with Gasteiger partial charge in [0.2, 0.25) is 5.91 Å². The molecule has 4 nitrogen and oxygen atoms in total. The molecule has 1 N–H and O–H groups in total. The van der Waals surface area contributed by atoms with Crippen molar-refractivity contribution >= 4 is 17.2 Å². The summed E-state index contributed by atoms with van der Waals surface area (Å²) in [5, 5.41) is 13.3. The standard InChI is InChI=1S/C16H21N3OS/c1-3-4-6-11-14(17-12(2)20)16-19-18-15(21-16)13-9-7-5-8-10-13/h5,7-10,14H,3-4,6,11H2,1-2H3,(H,17,20). The van der Waals surface area contributed by atoms with Crippen LogP contribution in [0.2, 0.25) is 0 Å². The highest BCUT2D eigenvalue weighted by molar-refractivity contribution is 7.14. The van der Waals surface area contributed by atoms with Crippen molar-refractivity contribution in [3.05, 3.63) is 35.3 Å². The van der Waals surface area contributed by atoms with Crippen LogP contribution < -0.4 is 5.32 Å². The SMILES string of the molecule is CCCCCC(NC(C)=O)c1nnc(-c2ccccc2)s1. The van der Waals surface area contributed by atoms with E-state index in [9.17, 15) is 4.79 Å². The van der Waals surface area contributed by atoms with E-state index in [-0.39, 0.29) is 11.9 Å². The lowest BCUT2D eigenvalue weighted by Crippen LogP contribution is -2.25. The molecule has 21 heavy (non-hydrogen) atoms. The van der Waals surface area contributed by atoms with Crippen LogP contribution in [0.1, 0.15) is 50.6 Å². The van der Waals surface area contributed by atoms with E-state index < -0.39 is 0 Å². The molecule has 0 bridgehead atoms. The monoisotopic (exact) mass is 303 g/mol. The van der Waals surface area contributed by atoms with Crippen LogP contribution in [0.25, 0.3) is 10.6 Å². The fourth-order valence-electron chi connectivity index (χ4n) is 2.17. The Morgan fingerprint density at radius 2 is 2.00 bits per heavy atom. The van der Waals surface area contributed by atoms with Gasteiger partial charge in [0.1, 0.15) is 10.0 Å². The molecule has 2 aromatic rings. The van der Waals surface area contributed by atoms with Crippen molar-refractivity contribution in [2.75, 3.05) is 0 Å². The van der Waals surface area contributed by atoms with E-state index >= 15 is 0 Å². The molecular weight excluding hydrogens is 282 g/mol. The van der Waals surface area contributed by atoms with E-state index in [1.165, 1.54) is 6.42 Å². The number of hydrogen-bond acceptors (Lipinski definition) is 4. The Labute approximate surface area is 129 Å². The maximum absolute atomic E-state index is 11.4. The lowest BCUT2D eigenvalue weighted by atomic mass is 10.1. The number of amides is 1. The average molecular weight is 303 g/mol. The quantitative estimate of drug-likeness (QED) is 0.788. The number of nitrogens with one attached hydrogen (secondary N) is 1. The van der Waals surface area contributed by atoms with Gasteiger partial charge in [-0.05, 0) is 6.42 Å². The lowest BCUT2D eigenvalue weighted by Gasteiger charge is -2.14. The zero-order valence-corrected chi connectivity index (χ0v) is 13.3. The molecule has 0 fully saturated rings. The zero-order chi connectivity index (χ0) is 15.1. The highest BCUT2D eigenvalue weighted by Crippen LogP contribution is 2.28. The molecular formula is C16H21N3OS. The van der Waals surface area contributed by atoms with Crippen molar-refractivity contribution in [2.45, 2.75) is 45.6 Å². The molecule has 1 aromatic carbocycles. The van der Waals surface area contributed by atoms with E-state index in [0.29, 0.717) is 0 Å². The summed E-state index contributed by atoms with van der Waals surface area (Å²) in [5.41, 5.74) is 1.07. The summed E-state index contributed by atoms with van der Waals surface area (Å²) in [7, 11) is 0. The van der Waals surface area contributed by atoms with E-state index in [4.69, 9.17) is 0 Å². The highest BCUT2D eigenvalue weighted by Gasteiger charge is 2.18. The van der Waals surface area contributed by atoms with Gasteiger partial charge in [0.15, 0.2) is 0 Å². The van der Waals surface area contributed by atoms with E-state index in [0.717, 1.165) is 34.8 Å². The van der Waals surface area contributed by atoms with E-state index in [1.54, 1.807) is 18.3 Å². The Bertz CT molecular complexity index is 568. The summed E-state index contributed by atoms with van der Waals surface area (Å²) in [6.45, 7) is 3.72. The van der Waals surface area contributed by atoms with Gasteiger partial charge in [0, 0.05) is 12.5 Å². The molecule has 0 saturated heterocycles. The number of aromatic nitrogens is 2. The second-order valence-electron chi connectivity index (χ2n) is 5.06. The predicted octanol–water partition coefficient (Wildman–Crippen LogP) is 3.96. The van der Waals surface area contributed by atoms with Gasteiger partial charge >= 0.3 is 0 Å². The minimum absolute atomic E-state index is 0.0204. The van der Waals surface area contributed by atoms with Gasteiger partial charge in [-0.2, -0.15) is 0 Å². The molecule has 1 heterocycles.